The molecule has 1 amide bonds. The molecule has 5 nitrogen and oxygen atoms in total. The molecular weight excluding hydrogens is 340 g/mol. The molecule has 0 radical (unpaired) electrons. The summed E-state index contributed by atoms with van der Waals surface area (Å²) in [6.45, 7) is 0.975. The lowest BCUT2D eigenvalue weighted by Gasteiger charge is -2.39. The van der Waals surface area contributed by atoms with Gasteiger partial charge in [0.25, 0.3) is 5.91 Å². The van der Waals surface area contributed by atoms with Gasteiger partial charge in [0.05, 0.1) is 24.8 Å². The van der Waals surface area contributed by atoms with Gasteiger partial charge in [0.15, 0.2) is 5.78 Å². The largest absolute Gasteiger partial charge is 0.485 e. The fraction of sp³-hybridized carbons (Fsp3) is 0.136. The lowest BCUT2D eigenvalue weighted by molar-refractivity contribution is 0.0175. The maximum atomic E-state index is 12.9. The number of benzene rings is 2. The number of rotatable bonds is 5. The Morgan fingerprint density at radius 3 is 2.30 bits per heavy atom. The third-order valence-corrected chi connectivity index (χ3v) is 4.51. The molecule has 134 valence electrons. The first-order chi connectivity index (χ1) is 13.2. The number of nitrogens with zero attached hydrogens (tertiary/aromatic N) is 2. The molecule has 0 saturated carbocycles. The van der Waals surface area contributed by atoms with Crippen molar-refractivity contribution in [3.8, 4) is 5.75 Å². The van der Waals surface area contributed by atoms with Gasteiger partial charge in [-0.25, -0.2) is 0 Å². The van der Waals surface area contributed by atoms with E-state index in [1.165, 1.54) is 0 Å². The van der Waals surface area contributed by atoms with Gasteiger partial charge in [0.2, 0.25) is 0 Å². The number of ketones is 1. The first-order valence-corrected chi connectivity index (χ1v) is 8.77. The molecule has 2 heterocycles. The van der Waals surface area contributed by atoms with E-state index in [0.717, 1.165) is 0 Å². The molecule has 27 heavy (non-hydrogen) atoms. The van der Waals surface area contributed by atoms with Crippen LogP contribution in [-0.2, 0) is 0 Å². The highest BCUT2D eigenvalue weighted by atomic mass is 16.5. The van der Waals surface area contributed by atoms with Gasteiger partial charge in [-0.3, -0.25) is 14.6 Å². The number of carbonyl (C=O) groups excluding carboxylic acids is 2. The second-order valence-electron chi connectivity index (χ2n) is 6.38. The van der Waals surface area contributed by atoms with Gasteiger partial charge in [-0.05, 0) is 18.2 Å². The van der Waals surface area contributed by atoms with Crippen molar-refractivity contribution in [2.75, 3.05) is 13.1 Å². The monoisotopic (exact) mass is 358 g/mol. The fourth-order valence-electron chi connectivity index (χ4n) is 3.07. The van der Waals surface area contributed by atoms with Crippen LogP contribution in [0.1, 0.15) is 26.3 Å². The van der Waals surface area contributed by atoms with Crippen LogP contribution in [0.25, 0.3) is 0 Å². The van der Waals surface area contributed by atoms with Crippen LogP contribution >= 0.6 is 0 Å². The Morgan fingerprint density at radius 1 is 0.889 bits per heavy atom. The van der Waals surface area contributed by atoms with Gasteiger partial charge >= 0.3 is 0 Å². The van der Waals surface area contributed by atoms with Gasteiger partial charge in [-0.2, -0.15) is 0 Å². The number of hydrogen-bond acceptors (Lipinski definition) is 4. The van der Waals surface area contributed by atoms with Crippen LogP contribution in [0.4, 0.5) is 0 Å². The summed E-state index contributed by atoms with van der Waals surface area (Å²) in [5.74, 6) is 0.387. The molecule has 4 rings (SSSR count). The molecule has 5 heteroatoms. The molecule has 2 aromatic carbocycles. The van der Waals surface area contributed by atoms with Crippen molar-refractivity contribution in [2.45, 2.75) is 6.10 Å². The first kappa shape index (κ1) is 17.0. The Labute approximate surface area is 157 Å². The number of ether oxygens (including phenoxy) is 1. The molecule has 1 aliphatic heterocycles. The Hall–Kier alpha value is -3.47. The third-order valence-electron chi connectivity index (χ3n) is 4.51. The maximum absolute atomic E-state index is 12.9. The van der Waals surface area contributed by atoms with E-state index in [4.69, 9.17) is 4.74 Å². The van der Waals surface area contributed by atoms with Crippen molar-refractivity contribution in [1.82, 2.24) is 9.88 Å². The Kier molecular flexibility index (Phi) is 4.66. The van der Waals surface area contributed by atoms with Gasteiger partial charge in [0, 0.05) is 17.3 Å². The topological polar surface area (TPSA) is 59.5 Å². The zero-order valence-electron chi connectivity index (χ0n) is 14.6. The molecule has 0 bridgehead atoms. The van der Waals surface area contributed by atoms with E-state index in [-0.39, 0.29) is 17.8 Å². The normalized spacial score (nSPS) is 13.7. The average molecular weight is 358 g/mol. The number of pyridine rings is 1. The van der Waals surface area contributed by atoms with Gasteiger partial charge < -0.3 is 9.64 Å². The van der Waals surface area contributed by atoms with Gasteiger partial charge in [-0.1, -0.05) is 48.5 Å². The van der Waals surface area contributed by atoms with E-state index in [1.807, 2.05) is 30.3 Å². The van der Waals surface area contributed by atoms with Crippen LogP contribution < -0.4 is 4.74 Å². The predicted octanol–water partition coefficient (Wildman–Crippen LogP) is 3.22. The second kappa shape index (κ2) is 7.41. The summed E-state index contributed by atoms with van der Waals surface area (Å²) in [6, 6.07) is 19.6. The van der Waals surface area contributed by atoms with Crippen LogP contribution in [0.3, 0.4) is 0 Å². The standard InChI is InChI=1S/C22H18N2O3/c25-21(16-7-2-1-3-8-16)19-10-4-5-11-20(19)22(26)24-14-18(15-24)27-17-9-6-12-23-13-17/h1-13,18H,14-15H2. The van der Waals surface area contributed by atoms with E-state index in [1.54, 1.807) is 53.7 Å². The predicted molar refractivity (Wildman–Crippen MR) is 101 cm³/mol. The molecular formula is C22H18N2O3. The molecule has 0 aliphatic carbocycles. The van der Waals surface area contributed by atoms with Crippen LogP contribution in [-0.4, -0.2) is 40.8 Å². The third kappa shape index (κ3) is 3.58. The van der Waals surface area contributed by atoms with Crippen LogP contribution in [0.15, 0.2) is 79.1 Å². The van der Waals surface area contributed by atoms with Gasteiger partial charge in [-0.15, -0.1) is 0 Å². The fourth-order valence-corrected chi connectivity index (χ4v) is 3.07. The number of likely N-dealkylation sites (tertiary alicyclic amines) is 1. The summed E-state index contributed by atoms with van der Waals surface area (Å²) in [7, 11) is 0. The van der Waals surface area contributed by atoms with Crippen LogP contribution in [0.5, 0.6) is 5.75 Å². The lowest BCUT2D eigenvalue weighted by Crippen LogP contribution is -2.56. The Balaban J connectivity index is 1.47. The highest BCUT2D eigenvalue weighted by molar-refractivity contribution is 6.15. The molecule has 1 fully saturated rings. The van der Waals surface area contributed by atoms with Gasteiger partial charge in [0.1, 0.15) is 11.9 Å². The summed E-state index contributed by atoms with van der Waals surface area (Å²) in [5.41, 5.74) is 1.41. The van der Waals surface area contributed by atoms with Crippen molar-refractivity contribution in [3.05, 3.63) is 95.8 Å². The molecule has 1 aromatic heterocycles. The van der Waals surface area contributed by atoms with E-state index < -0.39 is 0 Å². The van der Waals surface area contributed by atoms with E-state index in [9.17, 15) is 9.59 Å². The number of carbonyl (C=O) groups is 2. The molecule has 3 aromatic rings. The molecule has 0 spiro atoms. The first-order valence-electron chi connectivity index (χ1n) is 8.77. The second-order valence-corrected chi connectivity index (χ2v) is 6.38. The zero-order valence-corrected chi connectivity index (χ0v) is 14.6. The van der Waals surface area contributed by atoms with E-state index in [0.29, 0.717) is 35.5 Å². The van der Waals surface area contributed by atoms with Crippen LogP contribution in [0.2, 0.25) is 0 Å². The van der Waals surface area contributed by atoms with Crippen molar-refractivity contribution < 1.29 is 14.3 Å². The summed E-state index contributed by atoms with van der Waals surface area (Å²) >= 11 is 0. The highest BCUT2D eigenvalue weighted by Gasteiger charge is 2.34. The SMILES string of the molecule is O=C(c1ccccc1)c1ccccc1C(=O)N1CC(Oc2cccnc2)C1. The molecule has 1 aliphatic rings. The smallest absolute Gasteiger partial charge is 0.254 e. The Bertz CT molecular complexity index is 952. The molecule has 0 atom stereocenters. The van der Waals surface area contributed by atoms with Crippen molar-refractivity contribution in [1.29, 1.82) is 0 Å². The van der Waals surface area contributed by atoms with E-state index >= 15 is 0 Å². The highest BCUT2D eigenvalue weighted by Crippen LogP contribution is 2.22. The number of hydrogen-bond donors (Lipinski definition) is 0. The summed E-state index contributed by atoms with van der Waals surface area (Å²) in [4.78, 5) is 31.4. The maximum Gasteiger partial charge on any atom is 0.254 e. The van der Waals surface area contributed by atoms with Crippen molar-refractivity contribution >= 4 is 11.7 Å². The van der Waals surface area contributed by atoms with Crippen molar-refractivity contribution in [2.24, 2.45) is 0 Å². The number of amides is 1. The Morgan fingerprint density at radius 2 is 1.59 bits per heavy atom. The summed E-state index contributed by atoms with van der Waals surface area (Å²) in [5, 5.41) is 0. The minimum Gasteiger partial charge on any atom is -0.485 e. The van der Waals surface area contributed by atoms with Crippen molar-refractivity contribution in [3.63, 3.8) is 0 Å². The lowest BCUT2D eigenvalue weighted by atomic mass is 9.96. The molecule has 0 N–H and O–H groups in total. The average Bonchev–Trinajstić information content (AvgIpc) is 2.71. The quantitative estimate of drug-likeness (QED) is 0.657. The summed E-state index contributed by atoms with van der Waals surface area (Å²) < 4.78 is 5.79. The number of aromatic nitrogens is 1. The van der Waals surface area contributed by atoms with E-state index in [2.05, 4.69) is 4.98 Å². The molecule has 1 saturated heterocycles. The minimum absolute atomic E-state index is 0.0601. The van der Waals surface area contributed by atoms with Crippen LogP contribution in [0, 0.1) is 0 Å². The molecule has 0 unspecified atom stereocenters. The zero-order chi connectivity index (χ0) is 18.6. The summed E-state index contributed by atoms with van der Waals surface area (Å²) in [6.07, 6.45) is 3.28. The minimum atomic E-state index is -0.152.